The Bertz CT molecular complexity index is 764. The van der Waals surface area contributed by atoms with Crippen molar-refractivity contribution in [3.05, 3.63) is 0 Å². The zero-order valence-corrected chi connectivity index (χ0v) is 22.4. The molecule has 0 radical (unpaired) electrons. The summed E-state index contributed by atoms with van der Waals surface area (Å²) in [6.07, 6.45) is 0. The molecule has 0 aliphatic carbocycles. The Kier molecular flexibility index (Phi) is 8.13. The Hall–Kier alpha value is -1.96. The average Bonchev–Trinajstić information content (AvgIpc) is 2.83. The van der Waals surface area contributed by atoms with Crippen molar-refractivity contribution in [3.8, 4) is 0 Å². The highest BCUT2D eigenvalue weighted by Gasteiger charge is 2.43. The summed E-state index contributed by atoms with van der Waals surface area (Å²) in [4.78, 5) is 58.6. The molecule has 12 heteroatoms. The molecule has 2 unspecified atom stereocenters. The van der Waals surface area contributed by atoms with Gasteiger partial charge in [0.25, 0.3) is 0 Å². The summed E-state index contributed by atoms with van der Waals surface area (Å²) in [7, 11) is 4.19. The van der Waals surface area contributed by atoms with Crippen molar-refractivity contribution in [1.29, 1.82) is 0 Å². The lowest BCUT2D eigenvalue weighted by Gasteiger charge is -2.46. The molecule has 4 rings (SSSR count). The average molecular weight is 509 g/mol. The Morgan fingerprint density at radius 3 is 1.17 bits per heavy atom. The molecule has 36 heavy (non-hydrogen) atoms. The molecule has 0 bridgehead atoms. The second-order valence-corrected chi connectivity index (χ2v) is 11.6. The van der Waals surface area contributed by atoms with Gasteiger partial charge in [0.1, 0.15) is 0 Å². The number of likely N-dealkylation sites (N-methyl/N-ethyl adjacent to an activating group) is 2. The van der Waals surface area contributed by atoms with Crippen molar-refractivity contribution in [2.24, 2.45) is 0 Å². The van der Waals surface area contributed by atoms with E-state index >= 15 is 0 Å². The fraction of sp³-hybridized carbons (Fsp3) is 0.833. The van der Waals surface area contributed by atoms with Gasteiger partial charge in [-0.3, -0.25) is 29.0 Å². The number of carbonyl (C=O) groups excluding carboxylic acids is 4. The van der Waals surface area contributed by atoms with E-state index in [1.807, 2.05) is 23.6 Å². The minimum absolute atomic E-state index is 0.158. The van der Waals surface area contributed by atoms with Crippen molar-refractivity contribution >= 4 is 23.6 Å². The molecule has 4 amide bonds. The van der Waals surface area contributed by atoms with E-state index in [9.17, 15) is 19.2 Å². The standard InChI is InChI=1S/C24H44N8O4/c1-19(27-13-21(33)29(22(34)14-27)17-31(3)9-5-25-6-10-31)20(2)28-15-23(35)30(24(36)16-28)18-32(4)11-7-26-8-12-32/h19-20,25-26H,5-18H2,1-4H3/q+2. The molecule has 0 saturated carbocycles. The first-order chi connectivity index (χ1) is 17.0. The third kappa shape index (κ3) is 5.95. The highest BCUT2D eigenvalue weighted by molar-refractivity contribution is 6.00. The third-order valence-electron chi connectivity index (χ3n) is 8.69. The van der Waals surface area contributed by atoms with E-state index in [4.69, 9.17) is 0 Å². The van der Waals surface area contributed by atoms with Gasteiger partial charge in [-0.2, -0.15) is 0 Å². The van der Waals surface area contributed by atoms with Gasteiger partial charge in [0.05, 0.1) is 66.5 Å². The third-order valence-corrected chi connectivity index (χ3v) is 8.69. The number of nitrogens with zero attached hydrogens (tertiary/aromatic N) is 6. The quantitative estimate of drug-likeness (QED) is 0.279. The second-order valence-electron chi connectivity index (χ2n) is 11.6. The Morgan fingerprint density at radius 2 is 0.889 bits per heavy atom. The zero-order valence-electron chi connectivity index (χ0n) is 22.4. The molecule has 0 aromatic carbocycles. The van der Waals surface area contributed by atoms with Crippen molar-refractivity contribution < 1.29 is 28.1 Å². The van der Waals surface area contributed by atoms with Crippen LogP contribution in [0.3, 0.4) is 0 Å². The topological polar surface area (TPSA) is 105 Å². The van der Waals surface area contributed by atoms with Crippen molar-refractivity contribution in [2.45, 2.75) is 25.9 Å². The SMILES string of the molecule is CC(C(C)N1CC(=O)N(C[N+]2(C)CCNCC2)C(=O)C1)N1CC(=O)N(C[N+]2(C)CCNCC2)C(=O)C1. The molecule has 0 aromatic rings. The maximum Gasteiger partial charge on any atom is 0.247 e. The number of carbonyl (C=O) groups is 4. The van der Waals surface area contributed by atoms with E-state index in [-0.39, 0.29) is 61.9 Å². The smallest absolute Gasteiger partial charge is 0.247 e. The van der Waals surface area contributed by atoms with Crippen LogP contribution < -0.4 is 10.6 Å². The van der Waals surface area contributed by atoms with Crippen LogP contribution in [0, 0.1) is 0 Å². The van der Waals surface area contributed by atoms with Crippen LogP contribution >= 0.6 is 0 Å². The van der Waals surface area contributed by atoms with E-state index in [2.05, 4.69) is 24.7 Å². The lowest BCUT2D eigenvalue weighted by molar-refractivity contribution is -0.918. The normalized spacial score (nSPS) is 27.9. The maximum atomic E-state index is 13.0. The summed E-state index contributed by atoms with van der Waals surface area (Å²) in [5, 5.41) is 6.65. The van der Waals surface area contributed by atoms with Crippen molar-refractivity contribution in [2.75, 3.05) is 106 Å². The van der Waals surface area contributed by atoms with Crippen molar-refractivity contribution in [1.82, 2.24) is 30.2 Å². The molecule has 12 nitrogen and oxygen atoms in total. The second kappa shape index (κ2) is 10.8. The highest BCUT2D eigenvalue weighted by atomic mass is 16.2. The van der Waals surface area contributed by atoms with Crippen LogP contribution in [-0.2, 0) is 19.2 Å². The lowest BCUT2D eigenvalue weighted by atomic mass is 10.1. The van der Waals surface area contributed by atoms with Gasteiger partial charge in [0.15, 0.2) is 13.3 Å². The predicted molar refractivity (Wildman–Crippen MR) is 133 cm³/mol. The first-order valence-corrected chi connectivity index (χ1v) is 13.2. The zero-order chi connectivity index (χ0) is 26.1. The maximum absolute atomic E-state index is 13.0. The molecule has 0 spiro atoms. The summed E-state index contributed by atoms with van der Waals surface area (Å²) in [5.41, 5.74) is 0. The summed E-state index contributed by atoms with van der Waals surface area (Å²) < 4.78 is 1.36. The number of hydrogen-bond acceptors (Lipinski definition) is 8. The minimum atomic E-state index is -0.173. The van der Waals surface area contributed by atoms with E-state index < -0.39 is 0 Å². The van der Waals surface area contributed by atoms with Gasteiger partial charge in [-0.15, -0.1) is 0 Å². The van der Waals surface area contributed by atoms with Gasteiger partial charge in [-0.05, 0) is 13.8 Å². The fourth-order valence-corrected chi connectivity index (χ4v) is 5.76. The number of rotatable bonds is 7. The van der Waals surface area contributed by atoms with E-state index in [0.717, 1.165) is 52.4 Å². The lowest BCUT2D eigenvalue weighted by Crippen LogP contribution is -2.67. The molecule has 2 atom stereocenters. The molecule has 0 aromatic heterocycles. The largest absolute Gasteiger partial charge is 0.306 e. The Balaban J connectivity index is 1.33. The number of nitrogens with one attached hydrogen (secondary N) is 2. The van der Waals surface area contributed by atoms with Crippen LogP contribution in [0.15, 0.2) is 0 Å². The van der Waals surface area contributed by atoms with Crippen LogP contribution in [0.5, 0.6) is 0 Å². The predicted octanol–water partition coefficient (Wildman–Crippen LogP) is -2.88. The summed E-state index contributed by atoms with van der Waals surface area (Å²) >= 11 is 0. The Morgan fingerprint density at radius 1 is 0.611 bits per heavy atom. The monoisotopic (exact) mass is 508 g/mol. The minimum Gasteiger partial charge on any atom is -0.306 e. The number of hydrogen-bond donors (Lipinski definition) is 2. The van der Waals surface area contributed by atoms with Crippen LogP contribution in [0.2, 0.25) is 0 Å². The molecular weight excluding hydrogens is 464 g/mol. The first kappa shape index (κ1) is 27.1. The summed E-state index contributed by atoms with van der Waals surface area (Å²) in [6, 6.07) is -0.317. The first-order valence-electron chi connectivity index (χ1n) is 13.2. The molecule has 4 aliphatic rings. The van der Waals surface area contributed by atoms with E-state index in [1.165, 1.54) is 9.80 Å². The van der Waals surface area contributed by atoms with Gasteiger partial charge in [0.2, 0.25) is 23.6 Å². The van der Waals surface area contributed by atoms with Gasteiger partial charge in [-0.25, -0.2) is 9.80 Å². The van der Waals surface area contributed by atoms with Gasteiger partial charge < -0.3 is 19.6 Å². The molecule has 202 valence electrons. The number of imide groups is 2. The van der Waals surface area contributed by atoms with Gasteiger partial charge >= 0.3 is 0 Å². The van der Waals surface area contributed by atoms with Crippen molar-refractivity contribution in [3.63, 3.8) is 0 Å². The highest BCUT2D eigenvalue weighted by Crippen LogP contribution is 2.20. The van der Waals surface area contributed by atoms with Crippen LogP contribution in [0.25, 0.3) is 0 Å². The summed E-state index contributed by atoms with van der Waals surface area (Å²) in [6.45, 7) is 12.5. The molecule has 4 saturated heterocycles. The fourth-order valence-electron chi connectivity index (χ4n) is 5.76. The van der Waals surface area contributed by atoms with E-state index in [1.54, 1.807) is 0 Å². The molecule has 4 aliphatic heterocycles. The number of quaternary nitrogens is 2. The number of amides is 4. The summed E-state index contributed by atoms with van der Waals surface area (Å²) in [5.74, 6) is -0.692. The molecule has 4 heterocycles. The molecule has 4 fully saturated rings. The van der Waals surface area contributed by atoms with Gasteiger partial charge in [-0.1, -0.05) is 0 Å². The van der Waals surface area contributed by atoms with Crippen LogP contribution in [0.4, 0.5) is 0 Å². The van der Waals surface area contributed by atoms with Crippen LogP contribution in [-0.4, -0.2) is 170 Å². The van der Waals surface area contributed by atoms with Crippen LogP contribution in [0.1, 0.15) is 13.8 Å². The molecule has 2 N–H and O–H groups in total. The Labute approximate surface area is 214 Å². The van der Waals surface area contributed by atoms with Gasteiger partial charge in [0, 0.05) is 38.3 Å². The number of piperazine rings is 4. The van der Waals surface area contributed by atoms with E-state index in [0.29, 0.717) is 22.3 Å². The molecular formula is C24H44N8O4+2.